The molecule has 0 bridgehead atoms. The summed E-state index contributed by atoms with van der Waals surface area (Å²) >= 11 is 0. The molecule has 1 atom stereocenters. The van der Waals surface area contributed by atoms with Gasteiger partial charge in [-0.2, -0.15) is 0 Å². The summed E-state index contributed by atoms with van der Waals surface area (Å²) < 4.78 is 13.5. The second-order valence-corrected chi connectivity index (χ2v) is 3.59. The lowest BCUT2D eigenvalue weighted by Crippen LogP contribution is -2.27. The van der Waals surface area contributed by atoms with Crippen LogP contribution in [0.2, 0.25) is 0 Å². The standard InChI is InChI=1S/C10H10FN3O3/c1-2-12-9-7-6(14(16)17)4-3-5(11)8(7)13-10(9)15/h3-4,9,12H,2H2,1H3,(H,13,15). The molecule has 1 amide bonds. The molecule has 6 nitrogen and oxygen atoms in total. The van der Waals surface area contributed by atoms with Crippen LogP contribution in [0.15, 0.2) is 12.1 Å². The molecular formula is C10H10FN3O3. The Morgan fingerprint density at radius 1 is 1.59 bits per heavy atom. The third kappa shape index (κ3) is 1.74. The van der Waals surface area contributed by atoms with E-state index in [9.17, 15) is 19.3 Å². The molecule has 1 unspecified atom stereocenters. The molecule has 0 spiro atoms. The number of anilines is 1. The molecule has 2 N–H and O–H groups in total. The van der Waals surface area contributed by atoms with E-state index in [1.807, 2.05) is 0 Å². The molecule has 7 heteroatoms. The fourth-order valence-electron chi connectivity index (χ4n) is 1.89. The van der Waals surface area contributed by atoms with Gasteiger partial charge in [0.1, 0.15) is 11.9 Å². The number of halogens is 1. The molecular weight excluding hydrogens is 229 g/mol. The monoisotopic (exact) mass is 239 g/mol. The molecule has 1 aromatic rings. The molecule has 0 radical (unpaired) electrons. The fourth-order valence-corrected chi connectivity index (χ4v) is 1.89. The maximum atomic E-state index is 13.5. The minimum Gasteiger partial charge on any atom is -0.321 e. The zero-order valence-corrected chi connectivity index (χ0v) is 8.99. The van der Waals surface area contributed by atoms with Gasteiger partial charge in [0, 0.05) is 6.07 Å². The van der Waals surface area contributed by atoms with Gasteiger partial charge < -0.3 is 10.6 Å². The normalized spacial score (nSPS) is 17.8. The van der Waals surface area contributed by atoms with E-state index in [1.54, 1.807) is 6.92 Å². The number of nitrogens with zero attached hydrogens (tertiary/aromatic N) is 1. The van der Waals surface area contributed by atoms with Crippen molar-refractivity contribution in [3.05, 3.63) is 33.6 Å². The quantitative estimate of drug-likeness (QED) is 0.615. The first kappa shape index (κ1) is 11.5. The summed E-state index contributed by atoms with van der Waals surface area (Å²) in [6.07, 6.45) is 0. The van der Waals surface area contributed by atoms with Crippen molar-refractivity contribution >= 4 is 17.3 Å². The predicted molar refractivity (Wildman–Crippen MR) is 58.1 cm³/mol. The topological polar surface area (TPSA) is 84.3 Å². The molecule has 0 aliphatic carbocycles. The Morgan fingerprint density at radius 2 is 2.29 bits per heavy atom. The van der Waals surface area contributed by atoms with Gasteiger partial charge in [-0.25, -0.2) is 4.39 Å². The van der Waals surface area contributed by atoms with Crippen molar-refractivity contribution in [3.8, 4) is 0 Å². The van der Waals surface area contributed by atoms with Crippen molar-refractivity contribution < 1.29 is 14.1 Å². The van der Waals surface area contributed by atoms with Crippen LogP contribution < -0.4 is 10.6 Å². The summed E-state index contributed by atoms with van der Waals surface area (Å²) in [5.74, 6) is -1.14. The molecule has 1 heterocycles. The summed E-state index contributed by atoms with van der Waals surface area (Å²) in [7, 11) is 0. The van der Waals surface area contributed by atoms with Gasteiger partial charge in [-0.3, -0.25) is 14.9 Å². The number of carbonyl (C=O) groups is 1. The molecule has 2 rings (SSSR count). The summed E-state index contributed by atoms with van der Waals surface area (Å²) in [6, 6.07) is 1.18. The number of hydrogen-bond acceptors (Lipinski definition) is 4. The second-order valence-electron chi connectivity index (χ2n) is 3.59. The van der Waals surface area contributed by atoms with Gasteiger partial charge in [0.2, 0.25) is 5.91 Å². The van der Waals surface area contributed by atoms with E-state index in [1.165, 1.54) is 0 Å². The fraction of sp³-hybridized carbons (Fsp3) is 0.300. The summed E-state index contributed by atoms with van der Waals surface area (Å²) in [6.45, 7) is 2.21. The van der Waals surface area contributed by atoms with Crippen molar-refractivity contribution in [2.24, 2.45) is 0 Å². The summed E-state index contributed by atoms with van der Waals surface area (Å²) in [4.78, 5) is 21.8. The molecule has 1 aromatic carbocycles. The summed E-state index contributed by atoms with van der Waals surface area (Å²) in [5, 5.41) is 15.9. The number of nitro benzene ring substituents is 1. The van der Waals surface area contributed by atoms with Crippen molar-refractivity contribution in [1.82, 2.24) is 5.32 Å². The minimum atomic E-state index is -0.869. The number of fused-ring (bicyclic) bond motifs is 1. The van der Waals surface area contributed by atoms with Gasteiger partial charge in [-0.05, 0) is 12.6 Å². The molecule has 0 saturated heterocycles. The van der Waals surface area contributed by atoms with E-state index in [4.69, 9.17) is 0 Å². The molecule has 0 saturated carbocycles. The van der Waals surface area contributed by atoms with Crippen molar-refractivity contribution in [2.45, 2.75) is 13.0 Å². The highest BCUT2D eigenvalue weighted by molar-refractivity contribution is 6.04. The van der Waals surface area contributed by atoms with E-state index in [0.29, 0.717) is 6.54 Å². The Bertz CT molecular complexity index is 504. The van der Waals surface area contributed by atoms with Gasteiger partial charge >= 0.3 is 0 Å². The minimum absolute atomic E-state index is 0.0712. The lowest BCUT2D eigenvalue weighted by Gasteiger charge is -2.09. The number of benzene rings is 1. The van der Waals surface area contributed by atoms with E-state index in [-0.39, 0.29) is 16.9 Å². The number of nitro groups is 1. The van der Waals surface area contributed by atoms with E-state index >= 15 is 0 Å². The first-order valence-corrected chi connectivity index (χ1v) is 5.07. The van der Waals surface area contributed by atoms with Gasteiger partial charge in [0.05, 0.1) is 16.2 Å². The van der Waals surface area contributed by atoms with Gasteiger partial charge in [-0.15, -0.1) is 0 Å². The van der Waals surface area contributed by atoms with E-state index < -0.39 is 22.7 Å². The van der Waals surface area contributed by atoms with Gasteiger partial charge in [0.25, 0.3) is 5.69 Å². The Morgan fingerprint density at radius 3 is 2.88 bits per heavy atom. The van der Waals surface area contributed by atoms with Gasteiger partial charge in [0.15, 0.2) is 0 Å². The maximum absolute atomic E-state index is 13.5. The van der Waals surface area contributed by atoms with Crippen LogP contribution in [0.25, 0.3) is 0 Å². The predicted octanol–water partition coefficient (Wildman–Crippen LogP) is 1.34. The van der Waals surface area contributed by atoms with Crippen molar-refractivity contribution in [3.63, 3.8) is 0 Å². The van der Waals surface area contributed by atoms with Crippen LogP contribution in [-0.4, -0.2) is 17.4 Å². The summed E-state index contributed by atoms with van der Waals surface area (Å²) in [5.41, 5.74) is -0.289. The number of rotatable bonds is 3. The third-order valence-corrected chi connectivity index (χ3v) is 2.58. The largest absolute Gasteiger partial charge is 0.321 e. The molecule has 1 aliphatic heterocycles. The number of likely N-dealkylation sites (N-methyl/N-ethyl adjacent to an activating group) is 1. The highest BCUT2D eigenvalue weighted by Crippen LogP contribution is 2.39. The zero-order chi connectivity index (χ0) is 12.6. The maximum Gasteiger partial charge on any atom is 0.277 e. The van der Waals surface area contributed by atoms with Gasteiger partial charge in [-0.1, -0.05) is 6.92 Å². The van der Waals surface area contributed by atoms with E-state index in [2.05, 4.69) is 10.6 Å². The van der Waals surface area contributed by atoms with Crippen LogP contribution in [0.5, 0.6) is 0 Å². The van der Waals surface area contributed by atoms with Crippen LogP contribution in [0.4, 0.5) is 15.8 Å². The molecule has 0 aromatic heterocycles. The van der Waals surface area contributed by atoms with E-state index in [0.717, 1.165) is 12.1 Å². The highest BCUT2D eigenvalue weighted by Gasteiger charge is 2.38. The van der Waals surface area contributed by atoms with Crippen molar-refractivity contribution in [2.75, 3.05) is 11.9 Å². The van der Waals surface area contributed by atoms with Crippen LogP contribution >= 0.6 is 0 Å². The average molecular weight is 239 g/mol. The smallest absolute Gasteiger partial charge is 0.277 e. The third-order valence-electron chi connectivity index (χ3n) is 2.58. The zero-order valence-electron chi connectivity index (χ0n) is 8.99. The lowest BCUT2D eigenvalue weighted by atomic mass is 10.1. The first-order chi connectivity index (χ1) is 8.06. The highest BCUT2D eigenvalue weighted by atomic mass is 19.1. The molecule has 17 heavy (non-hydrogen) atoms. The second kappa shape index (κ2) is 4.10. The Labute approximate surface area is 96.0 Å². The van der Waals surface area contributed by atoms with Crippen molar-refractivity contribution in [1.29, 1.82) is 0 Å². The Balaban J connectivity index is 2.60. The van der Waals surface area contributed by atoms with Crippen LogP contribution in [0, 0.1) is 15.9 Å². The number of nitrogens with one attached hydrogen (secondary N) is 2. The lowest BCUT2D eigenvalue weighted by molar-refractivity contribution is -0.385. The van der Waals surface area contributed by atoms with Crippen LogP contribution in [0.3, 0.4) is 0 Å². The number of hydrogen-bond donors (Lipinski definition) is 2. The SMILES string of the molecule is CCNC1C(=O)Nc2c(F)ccc([N+](=O)[O-])c21. The Kier molecular flexibility index (Phi) is 2.76. The Hall–Kier alpha value is -2.02. The number of carbonyl (C=O) groups excluding carboxylic acids is 1. The van der Waals surface area contributed by atoms with Crippen LogP contribution in [0.1, 0.15) is 18.5 Å². The molecule has 90 valence electrons. The first-order valence-electron chi connectivity index (χ1n) is 5.07. The number of amides is 1. The molecule has 0 fully saturated rings. The van der Waals surface area contributed by atoms with Crippen LogP contribution in [-0.2, 0) is 4.79 Å². The average Bonchev–Trinajstić information content (AvgIpc) is 2.58. The molecule has 1 aliphatic rings.